The molecule has 1 atom stereocenters. The number of ether oxygens (including phenoxy) is 1. The zero-order chi connectivity index (χ0) is 16.1. The first kappa shape index (κ1) is 16.1. The molecular formula is C17H26N4O2. The molecule has 0 bridgehead atoms. The summed E-state index contributed by atoms with van der Waals surface area (Å²) < 4.78 is 5.36. The molecule has 2 fully saturated rings. The van der Waals surface area contributed by atoms with Gasteiger partial charge in [0.25, 0.3) is 0 Å². The van der Waals surface area contributed by atoms with Crippen molar-refractivity contribution in [1.29, 1.82) is 0 Å². The summed E-state index contributed by atoms with van der Waals surface area (Å²) in [5.74, 6) is 1.68. The van der Waals surface area contributed by atoms with Gasteiger partial charge in [-0.25, -0.2) is 4.79 Å². The lowest BCUT2D eigenvalue weighted by atomic mass is 10.1. The predicted molar refractivity (Wildman–Crippen MR) is 89.8 cm³/mol. The third-order valence-electron chi connectivity index (χ3n) is 4.54. The number of anilines is 1. The number of hydrogen-bond donors (Lipinski definition) is 1. The van der Waals surface area contributed by atoms with Crippen LogP contribution >= 0.6 is 0 Å². The summed E-state index contributed by atoms with van der Waals surface area (Å²) in [5.41, 5.74) is 0. The molecule has 2 amide bonds. The number of pyridine rings is 1. The topological polar surface area (TPSA) is 57.7 Å². The van der Waals surface area contributed by atoms with Crippen LogP contribution in [0, 0.1) is 5.92 Å². The minimum Gasteiger partial charge on any atom is -0.478 e. The van der Waals surface area contributed by atoms with Crippen molar-refractivity contribution in [2.45, 2.75) is 26.2 Å². The lowest BCUT2D eigenvalue weighted by Gasteiger charge is -2.20. The Balaban J connectivity index is 1.49. The Bertz CT molecular complexity index is 531. The van der Waals surface area contributed by atoms with Gasteiger partial charge in [-0.15, -0.1) is 0 Å². The van der Waals surface area contributed by atoms with E-state index in [0.717, 1.165) is 26.1 Å². The van der Waals surface area contributed by atoms with Crippen LogP contribution in [0.4, 0.5) is 10.6 Å². The number of aromatic nitrogens is 1. The highest BCUT2D eigenvalue weighted by Crippen LogP contribution is 2.21. The summed E-state index contributed by atoms with van der Waals surface area (Å²) in [4.78, 5) is 21.1. The lowest BCUT2D eigenvalue weighted by Crippen LogP contribution is -2.35. The van der Waals surface area contributed by atoms with E-state index in [1.54, 1.807) is 12.1 Å². The van der Waals surface area contributed by atoms with E-state index < -0.39 is 0 Å². The molecule has 0 unspecified atom stereocenters. The largest absolute Gasteiger partial charge is 0.478 e. The van der Waals surface area contributed by atoms with Crippen LogP contribution in [0.15, 0.2) is 18.2 Å². The maximum atomic E-state index is 12.4. The molecule has 1 aromatic heterocycles. The molecule has 2 saturated heterocycles. The summed E-state index contributed by atoms with van der Waals surface area (Å²) in [6, 6.07) is 5.36. The molecule has 3 heterocycles. The van der Waals surface area contributed by atoms with E-state index in [1.807, 2.05) is 17.9 Å². The number of hydrogen-bond acceptors (Lipinski definition) is 4. The van der Waals surface area contributed by atoms with Gasteiger partial charge in [-0.2, -0.15) is 4.98 Å². The number of rotatable bonds is 5. The Morgan fingerprint density at radius 2 is 2.17 bits per heavy atom. The van der Waals surface area contributed by atoms with Crippen LogP contribution in [-0.4, -0.2) is 60.1 Å². The van der Waals surface area contributed by atoms with Gasteiger partial charge in [0, 0.05) is 25.7 Å². The van der Waals surface area contributed by atoms with Crippen molar-refractivity contribution in [3.8, 4) is 5.88 Å². The molecular weight excluding hydrogens is 292 g/mol. The molecule has 3 rings (SSSR count). The van der Waals surface area contributed by atoms with Gasteiger partial charge in [0.05, 0.1) is 6.61 Å². The Morgan fingerprint density at radius 1 is 1.35 bits per heavy atom. The van der Waals surface area contributed by atoms with Crippen molar-refractivity contribution in [3.63, 3.8) is 0 Å². The van der Waals surface area contributed by atoms with E-state index >= 15 is 0 Å². The van der Waals surface area contributed by atoms with Gasteiger partial charge in [-0.3, -0.25) is 5.32 Å². The molecule has 1 N–H and O–H groups in total. The monoisotopic (exact) mass is 318 g/mol. The van der Waals surface area contributed by atoms with Crippen molar-refractivity contribution in [1.82, 2.24) is 14.8 Å². The fourth-order valence-corrected chi connectivity index (χ4v) is 3.40. The van der Waals surface area contributed by atoms with Gasteiger partial charge >= 0.3 is 6.03 Å². The van der Waals surface area contributed by atoms with Gasteiger partial charge in [-0.05, 0) is 51.3 Å². The second-order valence-electron chi connectivity index (χ2n) is 6.33. The van der Waals surface area contributed by atoms with Crippen LogP contribution < -0.4 is 10.1 Å². The quantitative estimate of drug-likeness (QED) is 0.906. The number of nitrogens with one attached hydrogen (secondary N) is 1. The van der Waals surface area contributed by atoms with E-state index in [4.69, 9.17) is 4.74 Å². The molecule has 0 aromatic carbocycles. The van der Waals surface area contributed by atoms with Crippen LogP contribution in [0.5, 0.6) is 5.88 Å². The van der Waals surface area contributed by atoms with Crippen molar-refractivity contribution >= 4 is 11.8 Å². The van der Waals surface area contributed by atoms with Gasteiger partial charge in [0.15, 0.2) is 0 Å². The number of nitrogens with zero attached hydrogens (tertiary/aromatic N) is 3. The Morgan fingerprint density at radius 3 is 2.96 bits per heavy atom. The van der Waals surface area contributed by atoms with Gasteiger partial charge in [0.1, 0.15) is 5.82 Å². The highest BCUT2D eigenvalue weighted by atomic mass is 16.5. The standard InChI is InChI=1S/C17H26N4O2/c1-2-23-16-7-5-6-15(18-16)19-17(22)21-11-8-14(13-21)12-20-9-3-4-10-20/h5-7,14H,2-4,8-13H2,1H3,(H,18,19,22)/t14-/m0/s1. The van der Waals surface area contributed by atoms with E-state index in [1.165, 1.54) is 25.9 Å². The summed E-state index contributed by atoms with van der Waals surface area (Å²) >= 11 is 0. The zero-order valence-electron chi connectivity index (χ0n) is 13.8. The van der Waals surface area contributed by atoms with E-state index in [9.17, 15) is 4.79 Å². The van der Waals surface area contributed by atoms with E-state index in [2.05, 4.69) is 15.2 Å². The van der Waals surface area contributed by atoms with Gasteiger partial charge in [-0.1, -0.05) is 6.07 Å². The van der Waals surface area contributed by atoms with Crippen molar-refractivity contribution in [2.24, 2.45) is 5.92 Å². The Labute approximate surface area is 137 Å². The normalized spacial score (nSPS) is 21.6. The Hall–Kier alpha value is -1.82. The first-order chi connectivity index (χ1) is 11.2. The third kappa shape index (κ3) is 4.34. The highest BCUT2D eigenvalue weighted by Gasteiger charge is 2.28. The molecule has 0 aliphatic carbocycles. The molecule has 2 aliphatic heterocycles. The first-order valence-electron chi connectivity index (χ1n) is 8.62. The fraction of sp³-hybridized carbons (Fsp3) is 0.647. The van der Waals surface area contributed by atoms with Gasteiger partial charge in [0.2, 0.25) is 5.88 Å². The summed E-state index contributed by atoms with van der Waals surface area (Å²) in [7, 11) is 0. The average Bonchev–Trinajstić information content (AvgIpc) is 3.20. The number of carbonyl (C=O) groups is 1. The maximum Gasteiger partial charge on any atom is 0.323 e. The van der Waals surface area contributed by atoms with Gasteiger partial charge < -0.3 is 14.5 Å². The molecule has 0 radical (unpaired) electrons. The number of carbonyl (C=O) groups excluding carboxylic acids is 1. The Kier molecular flexibility index (Phi) is 5.33. The highest BCUT2D eigenvalue weighted by molar-refractivity contribution is 5.88. The average molecular weight is 318 g/mol. The van der Waals surface area contributed by atoms with E-state index in [-0.39, 0.29) is 6.03 Å². The van der Waals surface area contributed by atoms with Crippen molar-refractivity contribution in [2.75, 3.05) is 44.6 Å². The molecule has 0 saturated carbocycles. The van der Waals surface area contributed by atoms with Crippen LogP contribution in [0.2, 0.25) is 0 Å². The second kappa shape index (κ2) is 7.64. The number of amides is 2. The van der Waals surface area contributed by atoms with Crippen molar-refractivity contribution in [3.05, 3.63) is 18.2 Å². The first-order valence-corrected chi connectivity index (χ1v) is 8.62. The fourth-order valence-electron chi connectivity index (χ4n) is 3.40. The molecule has 0 spiro atoms. The lowest BCUT2D eigenvalue weighted by molar-refractivity contribution is 0.217. The maximum absolute atomic E-state index is 12.4. The molecule has 6 nitrogen and oxygen atoms in total. The number of likely N-dealkylation sites (tertiary alicyclic amines) is 2. The summed E-state index contributed by atoms with van der Waals surface area (Å²) in [6.45, 7) is 7.71. The SMILES string of the molecule is CCOc1cccc(NC(=O)N2CC[C@@H](CN3CCCC3)C2)n1. The number of urea groups is 1. The second-order valence-corrected chi connectivity index (χ2v) is 6.33. The smallest absolute Gasteiger partial charge is 0.323 e. The molecule has 2 aliphatic rings. The minimum atomic E-state index is -0.0601. The van der Waals surface area contributed by atoms with Crippen LogP contribution in [0.1, 0.15) is 26.2 Å². The predicted octanol–water partition coefficient (Wildman–Crippen LogP) is 2.43. The van der Waals surface area contributed by atoms with E-state index in [0.29, 0.717) is 24.2 Å². The third-order valence-corrected chi connectivity index (χ3v) is 4.54. The molecule has 126 valence electrons. The summed E-state index contributed by atoms with van der Waals surface area (Å²) in [5, 5.41) is 2.88. The van der Waals surface area contributed by atoms with Crippen LogP contribution in [0.3, 0.4) is 0 Å². The van der Waals surface area contributed by atoms with Crippen LogP contribution in [0.25, 0.3) is 0 Å². The van der Waals surface area contributed by atoms with Crippen LogP contribution in [-0.2, 0) is 0 Å². The molecule has 6 heteroatoms. The van der Waals surface area contributed by atoms with Crippen molar-refractivity contribution < 1.29 is 9.53 Å². The minimum absolute atomic E-state index is 0.0601. The zero-order valence-corrected chi connectivity index (χ0v) is 13.8. The molecule has 1 aromatic rings. The molecule has 23 heavy (non-hydrogen) atoms. The summed E-state index contributed by atoms with van der Waals surface area (Å²) in [6.07, 6.45) is 3.73.